The van der Waals surface area contributed by atoms with Crippen LogP contribution < -0.4 is 26.2 Å². The van der Waals surface area contributed by atoms with E-state index in [0.29, 0.717) is 0 Å². The molecule has 6 aliphatic carbocycles. The fourth-order valence-corrected chi connectivity index (χ4v) is 22.9. The minimum absolute atomic E-state index is 0.282. The van der Waals surface area contributed by atoms with Crippen molar-refractivity contribution in [2.45, 2.75) is 16.2 Å². The molecule has 2 aliphatic heterocycles. The Labute approximate surface area is 631 Å². The van der Waals surface area contributed by atoms with Gasteiger partial charge in [0, 0.05) is 44.6 Å². The van der Waals surface area contributed by atoms with Gasteiger partial charge in [0.25, 0.3) is 6.71 Å². The van der Waals surface area contributed by atoms with Crippen LogP contribution in [0.25, 0.3) is 105 Å². The lowest BCUT2D eigenvalue weighted by Crippen LogP contribution is -2.61. The maximum atomic E-state index is 2.82. The Morgan fingerprint density at radius 2 is 0.587 bits per heavy atom. The summed E-state index contributed by atoms with van der Waals surface area (Å²) in [5.41, 5.74) is 45.6. The molecular formula is C105H62BN3. The molecule has 8 aliphatic rings. The molecule has 109 heavy (non-hydrogen) atoms. The highest BCUT2D eigenvalue weighted by Crippen LogP contribution is 2.69. The molecule has 1 aromatic heterocycles. The van der Waals surface area contributed by atoms with Crippen molar-refractivity contribution in [2.75, 3.05) is 9.80 Å². The molecule has 0 amide bonds. The van der Waals surface area contributed by atoms with E-state index in [2.05, 4.69) is 390 Å². The predicted octanol–water partition coefficient (Wildman–Crippen LogP) is 23.6. The van der Waals surface area contributed by atoms with Gasteiger partial charge in [-0.25, -0.2) is 0 Å². The average Bonchev–Trinajstić information content (AvgIpc) is 1.46. The quantitative estimate of drug-likeness (QED) is 0.163. The fraction of sp³-hybridized carbons (Fsp3) is 0.0286. The first-order valence-electron chi connectivity index (χ1n) is 38.4. The second-order valence-electron chi connectivity index (χ2n) is 31.0. The van der Waals surface area contributed by atoms with Crippen molar-refractivity contribution in [2.24, 2.45) is 0 Å². The molecule has 3 nitrogen and oxygen atoms in total. The molecule has 0 radical (unpaired) electrons. The van der Waals surface area contributed by atoms with Crippen LogP contribution in [0.5, 0.6) is 0 Å². The summed E-state index contributed by atoms with van der Waals surface area (Å²) in [4.78, 5) is 5.56. The number of para-hydroxylation sites is 2. The van der Waals surface area contributed by atoms with Gasteiger partial charge in [-0.1, -0.05) is 328 Å². The highest BCUT2D eigenvalue weighted by atomic mass is 15.2. The van der Waals surface area contributed by atoms with E-state index in [9.17, 15) is 0 Å². The van der Waals surface area contributed by atoms with E-state index in [4.69, 9.17) is 0 Å². The van der Waals surface area contributed by atoms with Crippen LogP contribution in [0.1, 0.15) is 66.8 Å². The molecular weight excluding hydrogens is 1310 g/mol. The minimum atomic E-state index is -0.705. The third-order valence-corrected chi connectivity index (χ3v) is 26.6. The molecule has 0 N–H and O–H groups in total. The smallest absolute Gasteiger partial charge is 0.252 e. The average molecular weight is 1380 g/mol. The van der Waals surface area contributed by atoms with Gasteiger partial charge in [0.05, 0.1) is 44.3 Å². The first-order chi connectivity index (χ1) is 54.1. The van der Waals surface area contributed by atoms with Gasteiger partial charge in [-0.2, -0.15) is 0 Å². The topological polar surface area (TPSA) is 11.4 Å². The van der Waals surface area contributed by atoms with Crippen LogP contribution in [0.15, 0.2) is 376 Å². The number of anilines is 6. The zero-order chi connectivity index (χ0) is 70.7. The van der Waals surface area contributed by atoms with E-state index in [0.717, 1.165) is 45.2 Å². The van der Waals surface area contributed by atoms with Gasteiger partial charge in [0.15, 0.2) is 0 Å². The summed E-state index contributed by atoms with van der Waals surface area (Å²) in [7, 11) is 0. The van der Waals surface area contributed by atoms with Gasteiger partial charge in [-0.15, -0.1) is 0 Å². The van der Waals surface area contributed by atoms with Crippen molar-refractivity contribution in [3.05, 3.63) is 443 Å². The van der Waals surface area contributed by atoms with Crippen molar-refractivity contribution < 1.29 is 0 Å². The van der Waals surface area contributed by atoms with Crippen LogP contribution >= 0.6 is 0 Å². The molecule has 17 aromatic carbocycles. The van der Waals surface area contributed by atoms with Crippen molar-refractivity contribution in [1.29, 1.82) is 0 Å². The molecule has 0 atom stereocenters. The third-order valence-electron chi connectivity index (χ3n) is 26.6. The third kappa shape index (κ3) is 6.92. The largest absolute Gasteiger partial charge is 0.311 e. The Hall–Kier alpha value is -13.8. The van der Waals surface area contributed by atoms with E-state index >= 15 is 0 Å². The Kier molecular flexibility index (Phi) is 11.2. The summed E-state index contributed by atoms with van der Waals surface area (Å²) >= 11 is 0. The number of rotatable bonds is 4. The molecule has 26 rings (SSSR count). The summed E-state index contributed by atoms with van der Waals surface area (Å²) in [6.07, 6.45) is 0. The molecule has 0 saturated carbocycles. The van der Waals surface area contributed by atoms with E-state index in [1.165, 1.54) is 177 Å². The maximum Gasteiger partial charge on any atom is 0.252 e. The second-order valence-corrected chi connectivity index (χ2v) is 31.0. The molecule has 3 spiro atoms. The molecule has 4 heteroatoms. The maximum absolute atomic E-state index is 2.82. The Bertz CT molecular complexity index is 6960. The van der Waals surface area contributed by atoms with Gasteiger partial charge < -0.3 is 14.4 Å². The normalized spacial score (nSPS) is 15.0. The number of aromatic nitrogens is 1. The highest BCUT2D eigenvalue weighted by molar-refractivity contribution is 7.00. The minimum Gasteiger partial charge on any atom is -0.311 e. The van der Waals surface area contributed by atoms with Crippen LogP contribution in [-0.4, -0.2) is 11.3 Å². The van der Waals surface area contributed by atoms with Gasteiger partial charge in [0.2, 0.25) is 0 Å². The molecule has 500 valence electrons. The van der Waals surface area contributed by atoms with Crippen LogP contribution in [0.2, 0.25) is 0 Å². The molecule has 0 bridgehead atoms. The molecule has 0 saturated heterocycles. The van der Waals surface area contributed by atoms with Crippen LogP contribution in [0.4, 0.5) is 34.1 Å². The zero-order valence-corrected chi connectivity index (χ0v) is 59.2. The molecule has 0 fully saturated rings. The molecule has 18 aromatic rings. The summed E-state index contributed by atoms with van der Waals surface area (Å²) in [6, 6.07) is 146. The second kappa shape index (κ2) is 20.8. The lowest BCUT2D eigenvalue weighted by molar-refractivity contribution is 0.790. The number of hydrogen-bond donors (Lipinski definition) is 0. The van der Waals surface area contributed by atoms with Crippen LogP contribution in [0, 0.1) is 0 Å². The number of hydrogen-bond acceptors (Lipinski definition) is 2. The Balaban J connectivity index is 0.855. The summed E-state index contributed by atoms with van der Waals surface area (Å²) < 4.78 is 2.58. The van der Waals surface area contributed by atoms with Gasteiger partial charge >= 0.3 is 0 Å². The lowest BCUT2D eigenvalue weighted by atomic mass is 9.33. The van der Waals surface area contributed by atoms with Crippen molar-refractivity contribution >= 4 is 79.0 Å². The van der Waals surface area contributed by atoms with E-state index in [1.807, 2.05) is 0 Å². The monoisotopic (exact) mass is 1380 g/mol. The number of nitrogens with zero attached hydrogens (tertiary/aromatic N) is 3. The number of fused-ring (bicyclic) bond motifs is 37. The van der Waals surface area contributed by atoms with Crippen LogP contribution in [0.3, 0.4) is 0 Å². The van der Waals surface area contributed by atoms with Crippen molar-refractivity contribution in [3.8, 4) is 83.6 Å². The molecule has 3 heterocycles. The summed E-state index contributed by atoms with van der Waals surface area (Å²) in [6.45, 7) is -0.282. The highest BCUT2D eigenvalue weighted by Gasteiger charge is 2.58. The summed E-state index contributed by atoms with van der Waals surface area (Å²) in [5, 5.41) is 2.44. The molecule has 0 unspecified atom stereocenters. The van der Waals surface area contributed by atoms with Crippen molar-refractivity contribution in [3.63, 3.8) is 0 Å². The lowest BCUT2D eigenvalue weighted by Gasteiger charge is -2.46. The zero-order valence-electron chi connectivity index (χ0n) is 59.2. The van der Waals surface area contributed by atoms with Gasteiger partial charge in [-0.3, -0.25) is 0 Å². The van der Waals surface area contributed by atoms with E-state index < -0.39 is 16.2 Å². The van der Waals surface area contributed by atoms with Gasteiger partial charge in [0.1, 0.15) is 0 Å². The van der Waals surface area contributed by atoms with Crippen molar-refractivity contribution in [1.82, 2.24) is 4.57 Å². The predicted molar refractivity (Wildman–Crippen MR) is 449 cm³/mol. The SMILES string of the molecule is c1ccc(-c2ccc3c(c2)B2c4cc5c(cc4N(c4cccc6c4C4(c7ccccc7-c7ccccc74)c4ccccc4-6)c4cc(-n6c7ccccc7c7ccccc76)cc(c42)N3c2cccc3c2-c2ccccc2C32c3ccccc3-c3ccccc32)C2(c3ccccc3-c3ccccc32)c2ccccc2-5)cc1. The standard InChI is InChI=1S/C105H62BN3/c1-2-28-63(29-3-1)64-56-57-94-90(58-64)106-91-61-78-73-37-11-19-46-83(73)104(81-44-17-6-32-68(81)69-33-7-18-45-82(69)104)89(78)62-97(91)109(96-55-26-41-76-72-36-10-22-49-86(72)105(101(76)96)84-47-20-8-34-70(84)71-35-9-21-48-85(71)105)99-60-65(107-92-52-24-13-38-74(92)75-39-14-25-53-93(75)107)59-98(102(99)106)108(94)95-54-27-51-88-100(95)77-40-12-23-50-87(77)103(88)79-42-15-4-30-66(79)67-31-5-16-43-80(67)103/h1-62H. The van der Waals surface area contributed by atoms with E-state index in [1.54, 1.807) is 0 Å². The first kappa shape index (κ1) is 58.5. The Morgan fingerprint density at radius 3 is 1.11 bits per heavy atom. The first-order valence-corrected chi connectivity index (χ1v) is 38.4. The van der Waals surface area contributed by atoms with E-state index in [-0.39, 0.29) is 6.71 Å². The Morgan fingerprint density at radius 1 is 0.211 bits per heavy atom. The number of benzene rings is 17. The van der Waals surface area contributed by atoms with Crippen LogP contribution in [-0.2, 0) is 16.2 Å². The van der Waals surface area contributed by atoms with Gasteiger partial charge in [-0.05, 0) is 198 Å². The summed E-state index contributed by atoms with van der Waals surface area (Å²) in [5.74, 6) is 0. The fourth-order valence-electron chi connectivity index (χ4n) is 22.9.